The van der Waals surface area contributed by atoms with Crippen LogP contribution in [0, 0.1) is 3.57 Å². The maximum atomic E-state index is 13.9. The number of anilines is 1. The highest BCUT2D eigenvalue weighted by atomic mass is 127. The van der Waals surface area contributed by atoms with Gasteiger partial charge < -0.3 is 15.9 Å². The first-order valence-electron chi connectivity index (χ1n) is 5.08. The molecular weight excluding hydrogens is 376 g/mol. The molecule has 2 heterocycles. The summed E-state index contributed by atoms with van der Waals surface area (Å²) in [5, 5.41) is 17.1. The number of hydrogen-bond acceptors (Lipinski definition) is 6. The van der Waals surface area contributed by atoms with E-state index in [9.17, 15) is 14.3 Å². The summed E-state index contributed by atoms with van der Waals surface area (Å²) in [6.07, 6.45) is -1.53. The lowest BCUT2D eigenvalue weighted by molar-refractivity contribution is 0.0631. The summed E-state index contributed by atoms with van der Waals surface area (Å²) in [7, 11) is 0. The summed E-state index contributed by atoms with van der Waals surface area (Å²) in [4.78, 5) is 15.3. The smallest absolute Gasteiger partial charge is 0.350 e. The third kappa shape index (κ3) is 2.36. The highest BCUT2D eigenvalue weighted by Gasteiger charge is 2.44. The fourth-order valence-corrected chi connectivity index (χ4v) is 3.49. The second kappa shape index (κ2) is 5.31. The quantitative estimate of drug-likeness (QED) is 0.605. The minimum Gasteiger partial charge on any atom is -0.395 e. The van der Waals surface area contributed by atoms with Crippen LogP contribution in [-0.4, -0.2) is 43.9 Å². The van der Waals surface area contributed by atoms with Gasteiger partial charge in [-0.1, -0.05) is 0 Å². The van der Waals surface area contributed by atoms with Crippen molar-refractivity contribution >= 4 is 40.2 Å². The first-order valence-corrected chi connectivity index (χ1v) is 7.10. The van der Waals surface area contributed by atoms with Crippen molar-refractivity contribution in [2.45, 2.75) is 22.9 Å². The molecular formula is C9H11FIN3O3S. The van der Waals surface area contributed by atoms with Crippen molar-refractivity contribution in [3.05, 3.63) is 20.3 Å². The maximum Gasteiger partial charge on any atom is 0.350 e. The molecule has 0 aromatic carbocycles. The zero-order valence-electron chi connectivity index (χ0n) is 9.03. The minimum atomic E-state index is -1.63. The molecule has 1 aliphatic heterocycles. The van der Waals surface area contributed by atoms with Gasteiger partial charge >= 0.3 is 5.69 Å². The van der Waals surface area contributed by atoms with E-state index in [-0.39, 0.29) is 12.4 Å². The van der Waals surface area contributed by atoms with Crippen molar-refractivity contribution in [3.63, 3.8) is 0 Å². The van der Waals surface area contributed by atoms with Gasteiger partial charge in [0.15, 0.2) is 6.17 Å². The molecule has 1 aromatic heterocycles. The highest BCUT2D eigenvalue weighted by molar-refractivity contribution is 14.1. The molecule has 100 valence electrons. The van der Waals surface area contributed by atoms with Gasteiger partial charge in [-0.2, -0.15) is 4.98 Å². The molecule has 1 saturated heterocycles. The molecule has 0 spiro atoms. The van der Waals surface area contributed by atoms with Crippen LogP contribution in [0.25, 0.3) is 0 Å². The molecule has 0 amide bonds. The van der Waals surface area contributed by atoms with E-state index in [1.165, 1.54) is 6.20 Å². The summed E-state index contributed by atoms with van der Waals surface area (Å²) < 4.78 is 15.5. The zero-order valence-corrected chi connectivity index (χ0v) is 12.0. The largest absolute Gasteiger partial charge is 0.395 e. The predicted octanol–water partition coefficient (Wildman–Crippen LogP) is -0.265. The van der Waals surface area contributed by atoms with Gasteiger partial charge in [0.05, 0.1) is 15.4 Å². The Bertz CT molecular complexity index is 514. The Hall–Kier alpha value is -0.390. The molecule has 4 atom stereocenters. The molecule has 9 heteroatoms. The monoisotopic (exact) mass is 387 g/mol. The van der Waals surface area contributed by atoms with Gasteiger partial charge in [0, 0.05) is 6.20 Å². The number of hydrogen-bond donors (Lipinski definition) is 3. The van der Waals surface area contributed by atoms with E-state index in [1.807, 2.05) is 22.6 Å². The average molecular weight is 387 g/mol. The number of nitrogens with two attached hydrogens (primary N) is 1. The third-order valence-electron chi connectivity index (χ3n) is 2.68. The van der Waals surface area contributed by atoms with Crippen LogP contribution in [-0.2, 0) is 0 Å². The molecule has 1 aliphatic rings. The number of aliphatic hydroxyl groups is 2. The first kappa shape index (κ1) is 14.0. The van der Waals surface area contributed by atoms with Crippen LogP contribution in [0.4, 0.5) is 10.2 Å². The number of aliphatic hydroxyl groups excluding tert-OH is 2. The predicted molar refractivity (Wildman–Crippen MR) is 74.0 cm³/mol. The molecule has 1 fully saturated rings. The number of alkyl halides is 1. The Morgan fingerprint density at radius 1 is 1.67 bits per heavy atom. The number of halogens is 2. The Labute approximate surface area is 120 Å². The fourth-order valence-electron chi connectivity index (χ4n) is 1.72. The minimum absolute atomic E-state index is 0.0921. The van der Waals surface area contributed by atoms with Crippen LogP contribution in [0.1, 0.15) is 5.37 Å². The SMILES string of the molecule is Nc1nc(=O)n([C@H]2S[C@@H](CO)[C@H](O)[C@H]2F)cc1I. The van der Waals surface area contributed by atoms with Gasteiger partial charge in [0.25, 0.3) is 0 Å². The van der Waals surface area contributed by atoms with E-state index < -0.39 is 28.6 Å². The lowest BCUT2D eigenvalue weighted by Gasteiger charge is -2.16. The van der Waals surface area contributed by atoms with E-state index in [0.29, 0.717) is 3.57 Å². The van der Waals surface area contributed by atoms with Crippen molar-refractivity contribution in [1.29, 1.82) is 0 Å². The van der Waals surface area contributed by atoms with Crippen LogP contribution in [0.15, 0.2) is 11.0 Å². The molecule has 4 N–H and O–H groups in total. The van der Waals surface area contributed by atoms with Crippen LogP contribution < -0.4 is 11.4 Å². The summed E-state index contributed by atoms with van der Waals surface area (Å²) in [5.41, 5.74) is 4.81. The molecule has 2 rings (SSSR count). The number of thioether (sulfide) groups is 1. The second-order valence-corrected chi connectivity index (χ2v) is 6.37. The van der Waals surface area contributed by atoms with Crippen LogP contribution >= 0.6 is 34.4 Å². The molecule has 1 aromatic rings. The van der Waals surface area contributed by atoms with Crippen molar-refractivity contribution in [3.8, 4) is 0 Å². The van der Waals surface area contributed by atoms with Crippen molar-refractivity contribution in [2.75, 3.05) is 12.3 Å². The van der Waals surface area contributed by atoms with Gasteiger partial charge in [0.1, 0.15) is 17.3 Å². The summed E-state index contributed by atoms with van der Waals surface area (Å²) in [6, 6.07) is 0. The number of nitrogen functional groups attached to an aromatic ring is 1. The Kier molecular flexibility index (Phi) is 4.14. The van der Waals surface area contributed by atoms with Crippen molar-refractivity contribution in [1.82, 2.24) is 9.55 Å². The van der Waals surface area contributed by atoms with Crippen LogP contribution in [0.2, 0.25) is 0 Å². The van der Waals surface area contributed by atoms with Crippen molar-refractivity contribution in [2.24, 2.45) is 0 Å². The molecule has 6 nitrogen and oxygen atoms in total. The van der Waals surface area contributed by atoms with Crippen LogP contribution in [0.3, 0.4) is 0 Å². The van der Waals surface area contributed by atoms with E-state index in [2.05, 4.69) is 4.98 Å². The number of nitrogens with zero attached hydrogens (tertiary/aromatic N) is 2. The Morgan fingerprint density at radius 2 is 2.33 bits per heavy atom. The lowest BCUT2D eigenvalue weighted by atomic mass is 10.1. The van der Waals surface area contributed by atoms with Gasteiger partial charge in [-0.05, 0) is 22.6 Å². The lowest BCUT2D eigenvalue weighted by Crippen LogP contribution is -2.33. The molecule has 0 saturated carbocycles. The normalized spacial score (nSPS) is 31.8. The molecule has 0 aliphatic carbocycles. The fraction of sp³-hybridized carbons (Fsp3) is 0.556. The molecule has 0 bridgehead atoms. The number of rotatable bonds is 2. The van der Waals surface area contributed by atoms with Gasteiger partial charge in [-0.25, -0.2) is 9.18 Å². The summed E-state index contributed by atoms with van der Waals surface area (Å²) in [5.74, 6) is 0.0921. The highest BCUT2D eigenvalue weighted by Crippen LogP contribution is 2.42. The number of aromatic nitrogens is 2. The molecule has 18 heavy (non-hydrogen) atoms. The molecule has 0 radical (unpaired) electrons. The van der Waals surface area contributed by atoms with Crippen molar-refractivity contribution < 1.29 is 14.6 Å². The summed E-state index contributed by atoms with van der Waals surface area (Å²) in [6.45, 7) is -0.350. The first-order chi connectivity index (χ1) is 8.45. The second-order valence-electron chi connectivity index (χ2n) is 3.85. The van der Waals surface area contributed by atoms with E-state index >= 15 is 0 Å². The Morgan fingerprint density at radius 3 is 2.89 bits per heavy atom. The van der Waals surface area contributed by atoms with Crippen LogP contribution in [0.5, 0.6) is 0 Å². The zero-order chi connectivity index (χ0) is 13.4. The maximum absolute atomic E-state index is 13.9. The standard InChI is InChI=1S/C9H11FIN3O3S/c10-5-6(16)4(2-15)18-8(5)14-1-3(11)7(12)13-9(14)17/h1,4-6,8,15-16H,2H2,(H2,12,13,17)/t4-,5+,6-,8-/m0/s1. The van der Waals surface area contributed by atoms with Gasteiger partial charge in [-0.3, -0.25) is 4.57 Å². The summed E-state index contributed by atoms with van der Waals surface area (Å²) >= 11 is 2.90. The molecule has 0 unspecified atom stereocenters. The van der Waals surface area contributed by atoms with E-state index in [1.54, 1.807) is 0 Å². The van der Waals surface area contributed by atoms with Gasteiger partial charge in [-0.15, -0.1) is 11.8 Å². The third-order valence-corrected chi connectivity index (χ3v) is 5.06. The van der Waals surface area contributed by atoms with E-state index in [4.69, 9.17) is 10.8 Å². The van der Waals surface area contributed by atoms with E-state index in [0.717, 1.165) is 16.3 Å². The Balaban J connectivity index is 2.39. The average Bonchev–Trinajstić information content (AvgIpc) is 2.61. The van der Waals surface area contributed by atoms with Gasteiger partial charge in [0.2, 0.25) is 0 Å². The topological polar surface area (TPSA) is 101 Å².